The van der Waals surface area contributed by atoms with Crippen LogP contribution < -0.4 is 10.1 Å². The number of likely N-dealkylation sites (tertiary alicyclic amines) is 1. The molecule has 0 spiro atoms. The summed E-state index contributed by atoms with van der Waals surface area (Å²) in [6.07, 6.45) is 6.74. The van der Waals surface area contributed by atoms with Crippen molar-refractivity contribution < 1.29 is 14.3 Å². The molecule has 1 aliphatic heterocycles. The summed E-state index contributed by atoms with van der Waals surface area (Å²) in [5, 5.41) is 3.12. The quantitative estimate of drug-likeness (QED) is 0.576. The molecule has 1 atom stereocenters. The minimum Gasteiger partial charge on any atom is -0.483 e. The van der Waals surface area contributed by atoms with Crippen molar-refractivity contribution in [2.24, 2.45) is 0 Å². The van der Waals surface area contributed by atoms with Gasteiger partial charge in [0.05, 0.1) is 6.04 Å². The molecule has 1 unspecified atom stereocenters. The van der Waals surface area contributed by atoms with Crippen LogP contribution in [0.3, 0.4) is 0 Å². The van der Waals surface area contributed by atoms with Gasteiger partial charge in [-0.3, -0.25) is 9.59 Å². The number of ether oxygens (including phenoxy) is 1. The molecule has 0 aliphatic carbocycles. The average Bonchev–Trinajstić information content (AvgIpc) is 3.56. The number of hydrogen-bond acceptors (Lipinski definition) is 3. The fraction of sp³-hybridized carbons (Fsp3) is 0.308. The van der Waals surface area contributed by atoms with Crippen LogP contribution in [0.4, 0.5) is 0 Å². The highest BCUT2D eigenvalue weighted by molar-refractivity contribution is 5.94. The van der Waals surface area contributed by atoms with Gasteiger partial charge in [-0.05, 0) is 61.7 Å². The first-order valence-corrected chi connectivity index (χ1v) is 11.2. The van der Waals surface area contributed by atoms with Gasteiger partial charge in [0.1, 0.15) is 5.75 Å². The van der Waals surface area contributed by atoms with Gasteiger partial charge in [0.15, 0.2) is 6.61 Å². The molecule has 2 amide bonds. The first-order valence-electron chi connectivity index (χ1n) is 11.2. The van der Waals surface area contributed by atoms with Crippen LogP contribution in [0.1, 0.15) is 48.1 Å². The van der Waals surface area contributed by atoms with Gasteiger partial charge in [-0.25, -0.2) is 0 Å². The van der Waals surface area contributed by atoms with Crippen molar-refractivity contribution in [3.05, 3.63) is 84.2 Å². The Morgan fingerprint density at radius 2 is 1.66 bits per heavy atom. The lowest BCUT2D eigenvalue weighted by molar-refractivity contribution is -0.132. The lowest BCUT2D eigenvalue weighted by atomic mass is 10.0. The number of carbonyl (C=O) groups is 2. The molecule has 166 valence electrons. The van der Waals surface area contributed by atoms with Crippen molar-refractivity contribution in [2.45, 2.75) is 32.2 Å². The van der Waals surface area contributed by atoms with Gasteiger partial charge < -0.3 is 19.5 Å². The lowest BCUT2D eigenvalue weighted by Crippen LogP contribution is -2.32. The predicted molar refractivity (Wildman–Crippen MR) is 124 cm³/mol. The molecule has 1 aromatic heterocycles. The van der Waals surface area contributed by atoms with Crippen LogP contribution in [0.2, 0.25) is 0 Å². The predicted octanol–water partition coefficient (Wildman–Crippen LogP) is 4.36. The van der Waals surface area contributed by atoms with E-state index in [0.717, 1.165) is 37.2 Å². The molecular weight excluding hydrogens is 402 g/mol. The van der Waals surface area contributed by atoms with E-state index in [2.05, 4.69) is 5.32 Å². The zero-order valence-corrected chi connectivity index (χ0v) is 18.4. The molecule has 1 aliphatic rings. The first kappa shape index (κ1) is 21.7. The van der Waals surface area contributed by atoms with E-state index in [1.165, 1.54) is 0 Å². The van der Waals surface area contributed by atoms with Crippen LogP contribution in [-0.2, 0) is 4.79 Å². The van der Waals surface area contributed by atoms with Crippen LogP contribution in [0.5, 0.6) is 5.75 Å². The van der Waals surface area contributed by atoms with Crippen molar-refractivity contribution in [1.82, 2.24) is 14.8 Å². The fourth-order valence-corrected chi connectivity index (χ4v) is 4.03. The number of rotatable bonds is 8. The van der Waals surface area contributed by atoms with E-state index in [1.807, 2.05) is 89.4 Å². The van der Waals surface area contributed by atoms with Crippen molar-refractivity contribution in [3.63, 3.8) is 0 Å². The molecule has 0 radical (unpaired) electrons. The third-order valence-electron chi connectivity index (χ3n) is 5.85. The molecule has 0 bridgehead atoms. The SMILES string of the molecule is CCC(NC(=O)c1ccc(-n2cccc2)cc1)c1ccccc1OCC(=O)N1CCCC1. The van der Waals surface area contributed by atoms with Crippen LogP contribution in [0, 0.1) is 0 Å². The second-order valence-corrected chi connectivity index (χ2v) is 7.99. The van der Waals surface area contributed by atoms with E-state index in [9.17, 15) is 9.59 Å². The van der Waals surface area contributed by atoms with E-state index in [4.69, 9.17) is 4.74 Å². The maximum Gasteiger partial charge on any atom is 0.260 e. The molecule has 0 saturated carbocycles. The maximum absolute atomic E-state index is 12.9. The smallest absolute Gasteiger partial charge is 0.260 e. The number of amides is 2. The average molecular weight is 432 g/mol. The highest BCUT2D eigenvalue weighted by atomic mass is 16.5. The Labute approximate surface area is 188 Å². The molecule has 2 aromatic carbocycles. The van der Waals surface area contributed by atoms with Crippen molar-refractivity contribution in [1.29, 1.82) is 0 Å². The third-order valence-corrected chi connectivity index (χ3v) is 5.85. The van der Waals surface area contributed by atoms with Gasteiger partial charge in [-0.2, -0.15) is 0 Å². The molecule has 32 heavy (non-hydrogen) atoms. The lowest BCUT2D eigenvalue weighted by Gasteiger charge is -2.22. The Kier molecular flexibility index (Phi) is 6.90. The van der Waals surface area contributed by atoms with Gasteiger partial charge >= 0.3 is 0 Å². The molecule has 6 nitrogen and oxygen atoms in total. The molecule has 2 heterocycles. The van der Waals surface area contributed by atoms with Crippen LogP contribution >= 0.6 is 0 Å². The number of carbonyl (C=O) groups excluding carboxylic acids is 2. The van der Waals surface area contributed by atoms with E-state index in [-0.39, 0.29) is 24.5 Å². The summed E-state index contributed by atoms with van der Waals surface area (Å²) in [5.74, 6) is 0.506. The van der Waals surface area contributed by atoms with E-state index >= 15 is 0 Å². The van der Waals surface area contributed by atoms with E-state index in [0.29, 0.717) is 17.7 Å². The third kappa shape index (κ3) is 5.02. The summed E-state index contributed by atoms with van der Waals surface area (Å²) < 4.78 is 7.89. The molecule has 1 saturated heterocycles. The van der Waals surface area contributed by atoms with Gasteiger partial charge in [-0.15, -0.1) is 0 Å². The molecular formula is C26H29N3O3. The Balaban J connectivity index is 1.43. The summed E-state index contributed by atoms with van der Waals surface area (Å²) in [4.78, 5) is 27.1. The highest BCUT2D eigenvalue weighted by Gasteiger charge is 2.21. The number of para-hydroxylation sites is 1. The Morgan fingerprint density at radius 3 is 2.34 bits per heavy atom. The standard InChI is InChI=1S/C26H29N3O3/c1-2-23(27-26(31)20-11-13-21(14-12-20)28-15-5-6-16-28)22-9-3-4-10-24(22)32-19-25(30)29-17-7-8-18-29/h3-6,9-16,23H,2,7-8,17-19H2,1H3,(H,27,31). The number of aromatic nitrogens is 1. The zero-order valence-electron chi connectivity index (χ0n) is 18.4. The minimum atomic E-state index is -0.218. The van der Waals surface area contributed by atoms with Crippen molar-refractivity contribution in [3.8, 4) is 11.4 Å². The van der Waals surface area contributed by atoms with Gasteiger partial charge in [0.2, 0.25) is 0 Å². The Hall–Kier alpha value is -3.54. The summed E-state index contributed by atoms with van der Waals surface area (Å²) in [6.45, 7) is 3.65. The number of benzene rings is 2. The number of nitrogens with zero attached hydrogens (tertiary/aromatic N) is 2. The summed E-state index contributed by atoms with van der Waals surface area (Å²) >= 11 is 0. The molecule has 6 heteroatoms. The molecule has 1 N–H and O–H groups in total. The largest absolute Gasteiger partial charge is 0.483 e. The van der Waals surface area contributed by atoms with Crippen LogP contribution in [0.25, 0.3) is 5.69 Å². The summed E-state index contributed by atoms with van der Waals surface area (Å²) in [6, 6.07) is 18.8. The zero-order chi connectivity index (χ0) is 22.3. The molecule has 3 aromatic rings. The monoisotopic (exact) mass is 431 g/mol. The Bertz CT molecular complexity index is 1040. The fourth-order valence-electron chi connectivity index (χ4n) is 4.03. The normalized spacial score (nSPS) is 14.2. The van der Waals surface area contributed by atoms with Crippen LogP contribution in [-0.4, -0.2) is 41.0 Å². The molecule has 4 rings (SSSR count). The van der Waals surface area contributed by atoms with Crippen molar-refractivity contribution >= 4 is 11.8 Å². The Morgan fingerprint density at radius 1 is 0.969 bits per heavy atom. The van der Waals surface area contributed by atoms with Gasteiger partial charge in [0, 0.05) is 42.3 Å². The first-order chi connectivity index (χ1) is 15.7. The van der Waals surface area contributed by atoms with Gasteiger partial charge in [-0.1, -0.05) is 25.1 Å². The minimum absolute atomic E-state index is 0.0113. The van der Waals surface area contributed by atoms with E-state index < -0.39 is 0 Å². The highest BCUT2D eigenvalue weighted by Crippen LogP contribution is 2.28. The number of hydrogen-bond donors (Lipinski definition) is 1. The number of nitrogens with one attached hydrogen (secondary N) is 1. The second kappa shape index (κ2) is 10.2. The summed E-state index contributed by atoms with van der Waals surface area (Å²) in [5.41, 5.74) is 2.48. The molecule has 1 fully saturated rings. The van der Waals surface area contributed by atoms with Crippen molar-refractivity contribution in [2.75, 3.05) is 19.7 Å². The van der Waals surface area contributed by atoms with Crippen LogP contribution in [0.15, 0.2) is 73.1 Å². The second-order valence-electron chi connectivity index (χ2n) is 7.99. The van der Waals surface area contributed by atoms with E-state index in [1.54, 1.807) is 0 Å². The summed E-state index contributed by atoms with van der Waals surface area (Å²) in [7, 11) is 0. The van der Waals surface area contributed by atoms with Gasteiger partial charge in [0.25, 0.3) is 11.8 Å². The topological polar surface area (TPSA) is 63.6 Å². The maximum atomic E-state index is 12.9.